The molecule has 1 unspecified atom stereocenters. The predicted molar refractivity (Wildman–Crippen MR) is 92.5 cm³/mol. The standard InChI is InChI=1S/C12H21N3O2S4/c1-3-14-10-8-15(5-4-6-18-2)20-12-9(10)7-11(19-12)21(13,16)17/h7,10,14H,3-6,8H2,1-2H3,(H2,13,16,17). The Morgan fingerprint density at radius 1 is 1.57 bits per heavy atom. The van der Waals surface area contributed by atoms with Crippen LogP contribution in [0, 0.1) is 0 Å². The third kappa shape index (κ3) is 4.60. The number of sulfonamides is 1. The van der Waals surface area contributed by atoms with Crippen LogP contribution in [0.25, 0.3) is 0 Å². The number of thiophene rings is 1. The molecule has 120 valence electrons. The first-order chi connectivity index (χ1) is 9.95. The molecule has 2 heterocycles. The minimum Gasteiger partial charge on any atom is -0.309 e. The van der Waals surface area contributed by atoms with Gasteiger partial charge in [-0.15, -0.1) is 11.3 Å². The molecule has 0 spiro atoms. The van der Waals surface area contributed by atoms with Crippen LogP contribution in [0.3, 0.4) is 0 Å². The van der Waals surface area contributed by atoms with Crippen molar-refractivity contribution in [3.05, 3.63) is 11.6 Å². The van der Waals surface area contributed by atoms with E-state index in [1.54, 1.807) is 18.0 Å². The highest BCUT2D eigenvalue weighted by atomic mass is 32.3. The van der Waals surface area contributed by atoms with E-state index in [0.29, 0.717) is 0 Å². The molecular weight excluding hydrogens is 346 g/mol. The molecule has 0 aromatic carbocycles. The van der Waals surface area contributed by atoms with Gasteiger partial charge in [0.05, 0.1) is 4.21 Å². The van der Waals surface area contributed by atoms with Gasteiger partial charge in [-0.25, -0.2) is 17.9 Å². The third-order valence-corrected chi connectivity index (χ3v) is 7.69. The van der Waals surface area contributed by atoms with Crippen molar-refractivity contribution in [1.82, 2.24) is 9.62 Å². The molecule has 0 fully saturated rings. The molecule has 1 aromatic heterocycles. The molecule has 21 heavy (non-hydrogen) atoms. The highest BCUT2D eigenvalue weighted by Gasteiger charge is 2.29. The molecule has 0 radical (unpaired) electrons. The number of likely N-dealkylation sites (N-methyl/N-ethyl adjacent to an activating group) is 1. The Balaban J connectivity index is 2.19. The van der Waals surface area contributed by atoms with Crippen LogP contribution in [0.5, 0.6) is 0 Å². The van der Waals surface area contributed by atoms with Crippen molar-refractivity contribution in [2.45, 2.75) is 27.8 Å². The van der Waals surface area contributed by atoms with Gasteiger partial charge in [0.1, 0.15) is 4.21 Å². The molecule has 1 aromatic rings. The average molecular weight is 368 g/mol. The maximum atomic E-state index is 11.5. The normalized spacial score (nSPS) is 19.7. The smallest absolute Gasteiger partial charge is 0.247 e. The summed E-state index contributed by atoms with van der Waals surface area (Å²) in [5.74, 6) is 1.14. The molecule has 3 N–H and O–H groups in total. The molecule has 1 atom stereocenters. The number of rotatable bonds is 7. The van der Waals surface area contributed by atoms with Crippen LogP contribution >= 0.6 is 35.0 Å². The molecule has 9 heteroatoms. The molecule has 0 saturated heterocycles. The lowest BCUT2D eigenvalue weighted by atomic mass is 10.1. The molecule has 2 rings (SSSR count). The fourth-order valence-electron chi connectivity index (χ4n) is 2.22. The predicted octanol–water partition coefficient (Wildman–Crippen LogP) is 2.12. The van der Waals surface area contributed by atoms with Gasteiger partial charge in [-0.05, 0) is 48.6 Å². The SMILES string of the molecule is CCNC1CN(CCCSC)Sc2sc(S(N)(=O)=O)cc21. The second kappa shape index (κ2) is 7.67. The molecule has 0 amide bonds. The summed E-state index contributed by atoms with van der Waals surface area (Å²) in [5.41, 5.74) is 1.07. The highest BCUT2D eigenvalue weighted by Crippen LogP contribution is 2.43. The first-order valence-electron chi connectivity index (χ1n) is 6.77. The first kappa shape index (κ1) is 17.6. The van der Waals surface area contributed by atoms with E-state index < -0.39 is 10.0 Å². The van der Waals surface area contributed by atoms with Crippen LogP contribution in [-0.2, 0) is 10.0 Å². The van der Waals surface area contributed by atoms with Crippen molar-refractivity contribution in [3.63, 3.8) is 0 Å². The molecule has 0 aliphatic carbocycles. The second-order valence-corrected chi connectivity index (χ2v) is 9.98. The second-order valence-electron chi connectivity index (χ2n) is 4.79. The van der Waals surface area contributed by atoms with Crippen LogP contribution < -0.4 is 10.5 Å². The van der Waals surface area contributed by atoms with E-state index in [2.05, 4.69) is 22.8 Å². The fraction of sp³-hybridized carbons (Fsp3) is 0.667. The molecule has 0 saturated carbocycles. The summed E-state index contributed by atoms with van der Waals surface area (Å²) in [7, 11) is -3.62. The van der Waals surface area contributed by atoms with Crippen LogP contribution in [0.15, 0.2) is 14.5 Å². The van der Waals surface area contributed by atoms with Crippen molar-refractivity contribution < 1.29 is 8.42 Å². The molecule has 0 bridgehead atoms. The lowest BCUT2D eigenvalue weighted by Crippen LogP contribution is -2.35. The van der Waals surface area contributed by atoms with Crippen LogP contribution in [0.2, 0.25) is 0 Å². The maximum Gasteiger partial charge on any atom is 0.247 e. The monoisotopic (exact) mass is 367 g/mol. The van der Waals surface area contributed by atoms with Gasteiger partial charge in [0.25, 0.3) is 0 Å². The van der Waals surface area contributed by atoms with Crippen molar-refractivity contribution >= 4 is 45.1 Å². The van der Waals surface area contributed by atoms with Gasteiger partial charge in [0, 0.05) is 19.1 Å². The minimum atomic E-state index is -3.62. The number of thioether (sulfide) groups is 1. The number of primary sulfonamides is 1. The van der Waals surface area contributed by atoms with Gasteiger partial charge >= 0.3 is 0 Å². The van der Waals surface area contributed by atoms with E-state index in [0.717, 1.165) is 41.6 Å². The summed E-state index contributed by atoms with van der Waals surface area (Å²) in [6.45, 7) is 4.82. The fourth-order valence-corrected chi connectivity index (χ4v) is 6.21. The quantitative estimate of drug-likeness (QED) is 0.568. The van der Waals surface area contributed by atoms with Gasteiger partial charge in [-0.2, -0.15) is 11.8 Å². The Hall–Kier alpha value is 0.230. The van der Waals surface area contributed by atoms with E-state index in [1.165, 1.54) is 11.3 Å². The number of hydrogen-bond acceptors (Lipinski definition) is 7. The van der Waals surface area contributed by atoms with Gasteiger partial charge < -0.3 is 5.32 Å². The van der Waals surface area contributed by atoms with E-state index in [9.17, 15) is 8.42 Å². The molecular formula is C12H21N3O2S4. The lowest BCUT2D eigenvalue weighted by Gasteiger charge is -2.31. The van der Waals surface area contributed by atoms with Gasteiger partial charge in [-0.1, -0.05) is 6.92 Å². The largest absolute Gasteiger partial charge is 0.309 e. The summed E-state index contributed by atoms with van der Waals surface area (Å²) >= 11 is 4.78. The zero-order valence-corrected chi connectivity index (χ0v) is 15.4. The zero-order valence-electron chi connectivity index (χ0n) is 12.2. The Labute approximate surface area is 139 Å². The summed E-state index contributed by atoms with van der Waals surface area (Å²) in [6, 6.07) is 1.90. The van der Waals surface area contributed by atoms with Gasteiger partial charge in [-0.3, -0.25) is 0 Å². The molecule has 1 aliphatic rings. The van der Waals surface area contributed by atoms with Crippen LogP contribution in [0.4, 0.5) is 0 Å². The topological polar surface area (TPSA) is 75.4 Å². The summed E-state index contributed by atoms with van der Waals surface area (Å²) in [6.07, 6.45) is 3.25. The number of nitrogens with one attached hydrogen (secondary N) is 1. The maximum absolute atomic E-state index is 11.5. The van der Waals surface area contributed by atoms with Crippen LogP contribution in [-0.4, -0.2) is 44.4 Å². The Morgan fingerprint density at radius 3 is 2.95 bits per heavy atom. The first-order valence-corrected chi connectivity index (χ1v) is 11.3. The summed E-state index contributed by atoms with van der Waals surface area (Å²) in [4.78, 5) is 0. The van der Waals surface area contributed by atoms with E-state index in [1.807, 2.05) is 11.8 Å². The average Bonchev–Trinajstić information content (AvgIpc) is 2.83. The number of hydrogen-bond donors (Lipinski definition) is 2. The van der Waals surface area contributed by atoms with Crippen molar-refractivity contribution in [1.29, 1.82) is 0 Å². The summed E-state index contributed by atoms with van der Waals surface area (Å²) in [5, 5.41) is 8.69. The summed E-state index contributed by atoms with van der Waals surface area (Å²) < 4.78 is 26.7. The molecule has 1 aliphatic heterocycles. The molecule has 5 nitrogen and oxygen atoms in total. The highest BCUT2D eigenvalue weighted by molar-refractivity contribution is 7.99. The Kier molecular flexibility index (Phi) is 6.42. The van der Waals surface area contributed by atoms with E-state index >= 15 is 0 Å². The lowest BCUT2D eigenvalue weighted by molar-refractivity contribution is 0.381. The number of nitrogens with two attached hydrogens (primary N) is 1. The number of fused-ring (bicyclic) bond motifs is 1. The zero-order chi connectivity index (χ0) is 15.5. The minimum absolute atomic E-state index is 0.173. The van der Waals surface area contributed by atoms with E-state index in [-0.39, 0.29) is 10.3 Å². The van der Waals surface area contributed by atoms with Crippen molar-refractivity contribution in [3.8, 4) is 0 Å². The van der Waals surface area contributed by atoms with Gasteiger partial charge in [0.2, 0.25) is 10.0 Å². The van der Waals surface area contributed by atoms with Crippen molar-refractivity contribution in [2.75, 3.05) is 31.6 Å². The number of nitrogens with zero attached hydrogens (tertiary/aromatic N) is 1. The van der Waals surface area contributed by atoms with E-state index in [4.69, 9.17) is 5.14 Å². The van der Waals surface area contributed by atoms with Gasteiger partial charge in [0.15, 0.2) is 0 Å². The third-order valence-electron chi connectivity index (χ3n) is 3.16. The van der Waals surface area contributed by atoms with Crippen molar-refractivity contribution in [2.24, 2.45) is 5.14 Å². The Morgan fingerprint density at radius 2 is 2.33 bits per heavy atom. The van der Waals surface area contributed by atoms with Crippen LogP contribution in [0.1, 0.15) is 24.9 Å². The Bertz CT molecular complexity index is 573.